The Morgan fingerprint density at radius 2 is 2.17 bits per heavy atom. The van der Waals surface area contributed by atoms with Gasteiger partial charge in [0.05, 0.1) is 11.6 Å². The Balaban J connectivity index is 2.29. The Hall–Kier alpha value is -0.810. The molecule has 1 saturated heterocycles. The van der Waals surface area contributed by atoms with Crippen LogP contribution in [0.2, 0.25) is 0 Å². The lowest BCUT2D eigenvalue weighted by Gasteiger charge is -2.24. The van der Waals surface area contributed by atoms with E-state index >= 15 is 0 Å². The highest BCUT2D eigenvalue weighted by atomic mass is 79.9. The Morgan fingerprint density at radius 1 is 1.50 bits per heavy atom. The highest BCUT2D eigenvalue weighted by Gasteiger charge is 2.22. The highest BCUT2D eigenvalue weighted by molar-refractivity contribution is 9.10. The highest BCUT2D eigenvalue weighted by Crippen LogP contribution is 2.38. The van der Waals surface area contributed by atoms with Crippen LogP contribution in [0.25, 0.3) is 0 Å². The lowest BCUT2D eigenvalue weighted by atomic mass is 9.90. The first-order valence-electron chi connectivity index (χ1n) is 6.08. The maximum Gasteiger partial charge on any atom is 0.166 e. The summed E-state index contributed by atoms with van der Waals surface area (Å²) in [5.41, 5.74) is 0.469. The van der Waals surface area contributed by atoms with E-state index < -0.39 is 0 Å². The molecule has 0 atom stereocenters. The van der Waals surface area contributed by atoms with E-state index in [-0.39, 0.29) is 21.8 Å². The van der Waals surface area contributed by atoms with Gasteiger partial charge in [-0.05, 0) is 54.2 Å². The molecule has 3 nitrogen and oxygen atoms in total. The SMILES string of the molecule is COc1c(O)cc(Br)c(F)c1CC1CCNCC1. The molecule has 1 aromatic carbocycles. The van der Waals surface area contributed by atoms with Crippen LogP contribution in [0.4, 0.5) is 4.39 Å². The fourth-order valence-electron chi connectivity index (χ4n) is 2.43. The van der Waals surface area contributed by atoms with Crippen LogP contribution in [0.5, 0.6) is 11.5 Å². The lowest BCUT2D eigenvalue weighted by Crippen LogP contribution is -2.29. The number of hydrogen-bond acceptors (Lipinski definition) is 3. The number of aromatic hydroxyl groups is 1. The van der Waals surface area contributed by atoms with Crippen LogP contribution < -0.4 is 10.1 Å². The van der Waals surface area contributed by atoms with E-state index in [1.165, 1.54) is 13.2 Å². The summed E-state index contributed by atoms with van der Waals surface area (Å²) >= 11 is 3.12. The standard InChI is InChI=1S/C13H17BrFNO2/c1-18-13-9(6-8-2-4-16-5-3-8)12(15)10(14)7-11(13)17/h7-8,16-17H,2-6H2,1H3. The maximum atomic E-state index is 14.1. The molecule has 0 aromatic heterocycles. The van der Waals surface area contributed by atoms with Gasteiger partial charge in [-0.25, -0.2) is 4.39 Å². The molecule has 0 spiro atoms. The van der Waals surface area contributed by atoms with Crippen molar-refractivity contribution in [1.29, 1.82) is 0 Å². The first-order chi connectivity index (χ1) is 8.63. The number of rotatable bonds is 3. The van der Waals surface area contributed by atoms with Gasteiger partial charge in [0.15, 0.2) is 11.5 Å². The second kappa shape index (κ2) is 5.89. The van der Waals surface area contributed by atoms with Gasteiger partial charge < -0.3 is 15.2 Å². The average molecular weight is 318 g/mol. The second-order valence-electron chi connectivity index (χ2n) is 4.60. The molecule has 1 aromatic rings. The Bertz CT molecular complexity index is 433. The fourth-order valence-corrected chi connectivity index (χ4v) is 2.89. The number of nitrogens with one attached hydrogen (secondary N) is 1. The number of piperidine rings is 1. The molecule has 0 saturated carbocycles. The van der Waals surface area contributed by atoms with Gasteiger partial charge in [-0.1, -0.05) is 0 Å². The minimum Gasteiger partial charge on any atom is -0.504 e. The summed E-state index contributed by atoms with van der Waals surface area (Å²) in [6, 6.07) is 1.33. The molecule has 1 fully saturated rings. The zero-order valence-electron chi connectivity index (χ0n) is 10.3. The van der Waals surface area contributed by atoms with Crippen molar-refractivity contribution in [3.8, 4) is 11.5 Å². The lowest BCUT2D eigenvalue weighted by molar-refractivity contribution is 0.341. The minimum absolute atomic E-state index is 0.0188. The number of phenols is 1. The number of benzene rings is 1. The van der Waals surface area contributed by atoms with Crippen molar-refractivity contribution in [3.05, 3.63) is 21.9 Å². The molecule has 0 amide bonds. The summed E-state index contributed by atoms with van der Waals surface area (Å²) in [6.07, 6.45) is 2.65. The molecule has 1 heterocycles. The zero-order valence-corrected chi connectivity index (χ0v) is 11.9. The van der Waals surface area contributed by atoms with Crippen LogP contribution in [0.3, 0.4) is 0 Å². The third kappa shape index (κ3) is 2.78. The van der Waals surface area contributed by atoms with Crippen molar-refractivity contribution < 1.29 is 14.2 Å². The topological polar surface area (TPSA) is 41.5 Å². The van der Waals surface area contributed by atoms with Crippen molar-refractivity contribution in [1.82, 2.24) is 5.32 Å². The Labute approximate surface area is 114 Å². The quantitative estimate of drug-likeness (QED) is 0.900. The fraction of sp³-hybridized carbons (Fsp3) is 0.538. The molecule has 0 bridgehead atoms. The molecule has 100 valence electrons. The molecule has 5 heteroatoms. The summed E-state index contributed by atoms with van der Waals surface area (Å²) in [4.78, 5) is 0. The summed E-state index contributed by atoms with van der Waals surface area (Å²) in [7, 11) is 1.45. The first-order valence-corrected chi connectivity index (χ1v) is 6.87. The predicted octanol–water partition coefficient (Wildman–Crippen LogP) is 2.84. The minimum atomic E-state index is -0.330. The molecule has 1 aliphatic heterocycles. The van der Waals surface area contributed by atoms with Crippen molar-refractivity contribution in [3.63, 3.8) is 0 Å². The molecular weight excluding hydrogens is 301 g/mol. The smallest absolute Gasteiger partial charge is 0.166 e. The van der Waals surface area contributed by atoms with Crippen LogP contribution in [0.1, 0.15) is 18.4 Å². The van der Waals surface area contributed by atoms with Gasteiger partial charge >= 0.3 is 0 Å². The number of ether oxygens (including phenoxy) is 1. The van der Waals surface area contributed by atoms with Crippen molar-refractivity contribution in [2.45, 2.75) is 19.3 Å². The summed E-state index contributed by atoms with van der Waals surface area (Å²) in [5, 5.41) is 13.1. The van der Waals surface area contributed by atoms with Gasteiger partial charge in [-0.2, -0.15) is 0 Å². The number of methoxy groups -OCH3 is 1. The third-order valence-corrected chi connectivity index (χ3v) is 3.98. The molecule has 18 heavy (non-hydrogen) atoms. The Kier molecular flexibility index (Phi) is 4.45. The Morgan fingerprint density at radius 3 is 2.78 bits per heavy atom. The number of phenolic OH excluding ortho intramolecular Hbond substituents is 1. The number of hydrogen-bond donors (Lipinski definition) is 2. The number of halogens is 2. The normalized spacial score (nSPS) is 16.8. The third-order valence-electron chi connectivity index (χ3n) is 3.40. The van der Waals surface area contributed by atoms with E-state index in [0.29, 0.717) is 17.9 Å². The van der Waals surface area contributed by atoms with E-state index in [1.807, 2.05) is 0 Å². The molecule has 0 radical (unpaired) electrons. The van der Waals surface area contributed by atoms with Gasteiger partial charge in [0.1, 0.15) is 5.82 Å². The van der Waals surface area contributed by atoms with E-state index in [2.05, 4.69) is 21.2 Å². The molecule has 0 aliphatic carbocycles. The second-order valence-corrected chi connectivity index (χ2v) is 5.46. The van der Waals surface area contributed by atoms with E-state index in [0.717, 1.165) is 25.9 Å². The summed E-state index contributed by atoms with van der Waals surface area (Å²) in [6.45, 7) is 1.93. The average Bonchev–Trinajstić information content (AvgIpc) is 2.37. The van der Waals surface area contributed by atoms with Gasteiger partial charge in [0, 0.05) is 11.6 Å². The molecule has 2 rings (SSSR count). The van der Waals surface area contributed by atoms with Crippen LogP contribution >= 0.6 is 15.9 Å². The van der Waals surface area contributed by atoms with Gasteiger partial charge in [0.25, 0.3) is 0 Å². The molecule has 2 N–H and O–H groups in total. The van der Waals surface area contributed by atoms with Gasteiger partial charge in [-0.15, -0.1) is 0 Å². The van der Waals surface area contributed by atoms with Crippen LogP contribution in [-0.4, -0.2) is 25.3 Å². The largest absolute Gasteiger partial charge is 0.504 e. The van der Waals surface area contributed by atoms with Crippen molar-refractivity contribution in [2.75, 3.05) is 20.2 Å². The monoisotopic (exact) mass is 317 g/mol. The van der Waals surface area contributed by atoms with Crippen LogP contribution in [0, 0.1) is 11.7 Å². The molecule has 0 unspecified atom stereocenters. The predicted molar refractivity (Wildman–Crippen MR) is 71.6 cm³/mol. The van der Waals surface area contributed by atoms with E-state index in [1.54, 1.807) is 0 Å². The van der Waals surface area contributed by atoms with Gasteiger partial charge in [0.2, 0.25) is 0 Å². The maximum absolute atomic E-state index is 14.1. The van der Waals surface area contributed by atoms with Gasteiger partial charge in [-0.3, -0.25) is 0 Å². The van der Waals surface area contributed by atoms with Crippen LogP contribution in [0.15, 0.2) is 10.5 Å². The first kappa shape index (κ1) is 13.6. The molecular formula is C13H17BrFNO2. The zero-order chi connectivity index (χ0) is 13.1. The molecule has 1 aliphatic rings. The van der Waals surface area contributed by atoms with Crippen molar-refractivity contribution >= 4 is 15.9 Å². The van der Waals surface area contributed by atoms with Crippen molar-refractivity contribution in [2.24, 2.45) is 5.92 Å². The van der Waals surface area contributed by atoms with E-state index in [9.17, 15) is 9.50 Å². The summed E-state index contributed by atoms with van der Waals surface area (Å²) in [5.74, 6) is 0.343. The van der Waals surface area contributed by atoms with E-state index in [4.69, 9.17) is 4.74 Å². The van der Waals surface area contributed by atoms with Crippen LogP contribution in [-0.2, 0) is 6.42 Å². The summed E-state index contributed by atoms with van der Waals surface area (Å²) < 4.78 is 19.5.